The second-order valence-electron chi connectivity index (χ2n) is 9.13. The lowest BCUT2D eigenvalue weighted by Crippen LogP contribution is -2.59. The number of aliphatic hydroxyl groups excluding tert-OH is 1. The Hall–Kier alpha value is -1.09. The second-order valence-corrected chi connectivity index (χ2v) is 9.13. The van der Waals surface area contributed by atoms with Gasteiger partial charge in [-0.25, -0.2) is 0 Å². The van der Waals surface area contributed by atoms with E-state index >= 15 is 0 Å². The molecule has 3 saturated carbocycles. The van der Waals surface area contributed by atoms with Gasteiger partial charge in [-0.15, -0.1) is 0 Å². The zero-order valence-corrected chi connectivity index (χ0v) is 15.5. The number of hydrogen-bond acceptors (Lipinski definition) is 2. The summed E-state index contributed by atoms with van der Waals surface area (Å²) in [5, 5.41) is 10.9. The molecule has 1 heterocycles. The molecule has 0 spiro atoms. The summed E-state index contributed by atoms with van der Waals surface area (Å²) in [5.41, 5.74) is 1.39. The van der Waals surface area contributed by atoms with Gasteiger partial charge >= 0.3 is 0 Å². The van der Waals surface area contributed by atoms with Crippen LogP contribution < -0.4 is 0 Å². The number of carbonyl (C=O) groups excluding carboxylic acids is 1. The predicted molar refractivity (Wildman–Crippen MR) is 95.2 cm³/mol. The molecule has 3 fully saturated rings. The summed E-state index contributed by atoms with van der Waals surface area (Å²) in [6.07, 6.45) is 11.5. The van der Waals surface area contributed by atoms with Crippen LogP contribution in [0, 0.1) is 28.6 Å². The molecule has 0 aromatic rings. The fraction of sp³-hybridized carbons (Fsp3) is 0.762. The van der Waals surface area contributed by atoms with Gasteiger partial charge in [-0.2, -0.15) is 0 Å². The first-order valence-corrected chi connectivity index (χ1v) is 9.62. The van der Waals surface area contributed by atoms with Crippen LogP contribution in [0.5, 0.6) is 0 Å². The molecule has 4 aliphatic rings. The Kier molecular flexibility index (Phi) is 3.55. The van der Waals surface area contributed by atoms with E-state index in [-0.39, 0.29) is 22.8 Å². The summed E-state index contributed by atoms with van der Waals surface area (Å²) in [6, 6.07) is 0.341. The van der Waals surface area contributed by atoms with Crippen LogP contribution in [0.15, 0.2) is 23.8 Å². The van der Waals surface area contributed by atoms with Crippen LogP contribution in [0.1, 0.15) is 52.9 Å². The van der Waals surface area contributed by atoms with Gasteiger partial charge < -0.3 is 10.0 Å². The molecule has 3 heteroatoms. The van der Waals surface area contributed by atoms with Crippen molar-refractivity contribution in [2.24, 2.45) is 28.6 Å². The highest BCUT2D eigenvalue weighted by atomic mass is 16.3. The van der Waals surface area contributed by atoms with Gasteiger partial charge in [0.15, 0.2) is 0 Å². The topological polar surface area (TPSA) is 40.5 Å². The zero-order chi connectivity index (χ0) is 17.3. The number of rotatable bonds is 0. The van der Waals surface area contributed by atoms with Crippen molar-refractivity contribution in [1.29, 1.82) is 0 Å². The highest BCUT2D eigenvalue weighted by Gasteiger charge is 2.61. The Bertz CT molecular complexity index is 623. The molecule has 0 unspecified atom stereocenters. The van der Waals surface area contributed by atoms with Gasteiger partial charge in [-0.05, 0) is 68.4 Å². The molecule has 1 amide bonds. The van der Waals surface area contributed by atoms with E-state index in [4.69, 9.17) is 0 Å². The van der Waals surface area contributed by atoms with E-state index in [1.165, 1.54) is 18.4 Å². The van der Waals surface area contributed by atoms with Gasteiger partial charge in [0.25, 0.3) is 0 Å². The van der Waals surface area contributed by atoms with Crippen molar-refractivity contribution in [1.82, 2.24) is 4.90 Å². The van der Waals surface area contributed by atoms with Crippen molar-refractivity contribution in [2.45, 2.75) is 65.0 Å². The molecule has 0 saturated heterocycles. The summed E-state index contributed by atoms with van der Waals surface area (Å²) in [4.78, 5) is 14.1. The second kappa shape index (κ2) is 5.20. The standard InChI is InChI=1S/C21H31NO2/c1-5-13-12-16-14-6-7-17-20(2,11-9-18(23)22(17)4)15(14)8-10-21(16,3)19(13)24/h5,9,11,14-17,19,24H,6-8,10,12H2,1-4H3/b13-5+/t14-,15+,16+,17-,19+,20-,21+/m1/s1. The Morgan fingerprint density at radius 2 is 2.00 bits per heavy atom. The molecular weight excluding hydrogens is 298 g/mol. The van der Waals surface area contributed by atoms with Crippen LogP contribution >= 0.6 is 0 Å². The molecule has 1 N–H and O–H groups in total. The van der Waals surface area contributed by atoms with E-state index in [9.17, 15) is 9.90 Å². The van der Waals surface area contributed by atoms with Crippen LogP contribution in [0.3, 0.4) is 0 Å². The number of nitrogens with zero attached hydrogens (tertiary/aromatic N) is 1. The molecule has 0 aromatic heterocycles. The molecule has 24 heavy (non-hydrogen) atoms. The van der Waals surface area contributed by atoms with E-state index in [1.807, 2.05) is 11.9 Å². The summed E-state index contributed by atoms with van der Waals surface area (Å²) < 4.78 is 0. The van der Waals surface area contributed by atoms with Crippen molar-refractivity contribution in [3.05, 3.63) is 23.8 Å². The van der Waals surface area contributed by atoms with Crippen LogP contribution in [-0.4, -0.2) is 35.1 Å². The van der Waals surface area contributed by atoms with Gasteiger partial charge in [-0.1, -0.05) is 26.0 Å². The lowest BCUT2D eigenvalue weighted by atomic mass is 9.48. The van der Waals surface area contributed by atoms with Gasteiger partial charge in [0.2, 0.25) is 5.91 Å². The van der Waals surface area contributed by atoms with Gasteiger partial charge in [0.05, 0.1) is 6.10 Å². The minimum Gasteiger partial charge on any atom is -0.388 e. The lowest BCUT2D eigenvalue weighted by molar-refractivity contribution is -0.140. The molecule has 3 nitrogen and oxygen atoms in total. The monoisotopic (exact) mass is 329 g/mol. The minimum atomic E-state index is -0.259. The third-order valence-electron chi connectivity index (χ3n) is 8.37. The van der Waals surface area contributed by atoms with E-state index < -0.39 is 0 Å². The molecule has 3 aliphatic carbocycles. The highest BCUT2D eigenvalue weighted by Crippen LogP contribution is 2.64. The summed E-state index contributed by atoms with van der Waals surface area (Å²) in [5.74, 6) is 2.04. The SMILES string of the molecule is C/C=C1\C[C@H]2[C@@H]3CC[C@H]4N(C)C(=O)C=C[C@]4(C)[C@H]3CC[C@]2(C)[C@H]1O. The first-order valence-electron chi connectivity index (χ1n) is 9.62. The maximum Gasteiger partial charge on any atom is 0.246 e. The van der Waals surface area contributed by atoms with E-state index in [0.29, 0.717) is 23.8 Å². The summed E-state index contributed by atoms with van der Waals surface area (Å²) in [6.45, 7) is 6.76. The molecule has 4 rings (SSSR count). The number of aliphatic hydroxyl groups is 1. The normalized spacial score (nSPS) is 52.2. The zero-order valence-electron chi connectivity index (χ0n) is 15.5. The molecule has 0 radical (unpaired) electrons. The van der Waals surface area contributed by atoms with Crippen LogP contribution in [-0.2, 0) is 4.79 Å². The van der Waals surface area contributed by atoms with Gasteiger partial charge in [0, 0.05) is 23.9 Å². The fourth-order valence-corrected chi connectivity index (χ4v) is 6.87. The van der Waals surface area contributed by atoms with Crippen molar-refractivity contribution in [2.75, 3.05) is 7.05 Å². The number of fused-ring (bicyclic) bond motifs is 5. The van der Waals surface area contributed by atoms with E-state index in [0.717, 1.165) is 19.3 Å². The Labute approximate surface area is 145 Å². The number of hydrogen-bond donors (Lipinski definition) is 1. The quantitative estimate of drug-likeness (QED) is 0.691. The molecule has 7 atom stereocenters. The Morgan fingerprint density at radius 1 is 1.25 bits per heavy atom. The summed E-state index contributed by atoms with van der Waals surface area (Å²) >= 11 is 0. The maximum atomic E-state index is 12.1. The van der Waals surface area contributed by atoms with Crippen molar-refractivity contribution < 1.29 is 9.90 Å². The molecule has 0 bridgehead atoms. The predicted octanol–water partition coefficient (Wildman–Crippen LogP) is 3.54. The van der Waals surface area contributed by atoms with Crippen LogP contribution in [0.25, 0.3) is 0 Å². The first-order chi connectivity index (χ1) is 11.3. The smallest absolute Gasteiger partial charge is 0.246 e. The number of likely N-dealkylation sites (N-methyl/N-ethyl adjacent to an activating group) is 1. The number of carbonyl (C=O) groups is 1. The fourth-order valence-electron chi connectivity index (χ4n) is 6.87. The van der Waals surface area contributed by atoms with Crippen molar-refractivity contribution >= 4 is 5.91 Å². The first kappa shape index (κ1) is 16.4. The molecule has 1 aliphatic heterocycles. The molecule has 132 valence electrons. The minimum absolute atomic E-state index is 0.0479. The highest BCUT2D eigenvalue weighted by molar-refractivity contribution is 5.89. The molecular formula is C21H31NO2. The Balaban J connectivity index is 1.71. The number of allylic oxidation sites excluding steroid dienone is 1. The third-order valence-corrected chi connectivity index (χ3v) is 8.37. The average molecular weight is 329 g/mol. The number of amides is 1. The van der Waals surface area contributed by atoms with Crippen LogP contribution in [0.2, 0.25) is 0 Å². The van der Waals surface area contributed by atoms with Gasteiger partial charge in [-0.3, -0.25) is 4.79 Å². The Morgan fingerprint density at radius 3 is 2.71 bits per heavy atom. The van der Waals surface area contributed by atoms with E-state index in [1.54, 1.807) is 6.08 Å². The maximum absolute atomic E-state index is 12.1. The largest absolute Gasteiger partial charge is 0.388 e. The van der Waals surface area contributed by atoms with Crippen molar-refractivity contribution in [3.8, 4) is 0 Å². The molecule has 0 aromatic carbocycles. The lowest BCUT2D eigenvalue weighted by Gasteiger charge is -2.59. The summed E-state index contributed by atoms with van der Waals surface area (Å²) in [7, 11) is 1.97. The van der Waals surface area contributed by atoms with Gasteiger partial charge in [0.1, 0.15) is 0 Å². The van der Waals surface area contributed by atoms with Crippen molar-refractivity contribution in [3.63, 3.8) is 0 Å². The third kappa shape index (κ3) is 1.91. The van der Waals surface area contributed by atoms with E-state index in [2.05, 4.69) is 32.9 Å². The van der Waals surface area contributed by atoms with Crippen LogP contribution in [0.4, 0.5) is 0 Å². The average Bonchev–Trinajstić information content (AvgIpc) is 2.83.